The third-order valence-electron chi connectivity index (χ3n) is 9.55. The van der Waals surface area contributed by atoms with Crippen LogP contribution in [0.25, 0.3) is 0 Å². The van der Waals surface area contributed by atoms with Crippen LogP contribution in [0.3, 0.4) is 0 Å². The SMILES string of the molecule is Cc1cc2c(cc1CN(CC1CCC(CN=C(N)N)CC1)C(=O)c1ccc3c(c1)OCO3)C(C)(C)CCC2(C)C. The monoisotopic (exact) mass is 546 g/mol. The topological polar surface area (TPSA) is 103 Å². The van der Waals surface area contributed by atoms with Crippen LogP contribution in [0.5, 0.6) is 11.5 Å². The van der Waals surface area contributed by atoms with Crippen LogP contribution >= 0.6 is 0 Å². The van der Waals surface area contributed by atoms with Crippen LogP contribution in [0.4, 0.5) is 0 Å². The van der Waals surface area contributed by atoms with E-state index in [1.165, 1.54) is 35.1 Å². The summed E-state index contributed by atoms with van der Waals surface area (Å²) in [5, 5.41) is 0. The lowest BCUT2D eigenvalue weighted by Crippen LogP contribution is -2.37. The third kappa shape index (κ3) is 5.93. The highest BCUT2D eigenvalue weighted by Crippen LogP contribution is 2.46. The Morgan fingerprint density at radius 1 is 0.925 bits per heavy atom. The maximum Gasteiger partial charge on any atom is 0.254 e. The lowest BCUT2D eigenvalue weighted by molar-refractivity contribution is 0.0690. The van der Waals surface area contributed by atoms with E-state index in [1.807, 2.05) is 18.2 Å². The lowest BCUT2D eigenvalue weighted by atomic mass is 9.62. The van der Waals surface area contributed by atoms with Crippen LogP contribution in [-0.2, 0) is 17.4 Å². The highest BCUT2D eigenvalue weighted by Gasteiger charge is 2.38. The average molecular weight is 547 g/mol. The number of rotatable bonds is 7. The summed E-state index contributed by atoms with van der Waals surface area (Å²) in [6.07, 6.45) is 6.65. The lowest BCUT2D eigenvalue weighted by Gasteiger charge is -2.42. The molecule has 2 aliphatic carbocycles. The summed E-state index contributed by atoms with van der Waals surface area (Å²) < 4.78 is 11.1. The number of hydrogen-bond acceptors (Lipinski definition) is 4. The van der Waals surface area contributed by atoms with E-state index in [4.69, 9.17) is 20.9 Å². The van der Waals surface area contributed by atoms with Gasteiger partial charge in [-0.05, 0) is 109 Å². The number of ether oxygens (including phenoxy) is 2. The van der Waals surface area contributed by atoms with Crippen molar-refractivity contribution in [3.63, 3.8) is 0 Å². The first kappa shape index (κ1) is 28.3. The maximum atomic E-state index is 14.1. The van der Waals surface area contributed by atoms with Gasteiger partial charge in [-0.2, -0.15) is 0 Å². The van der Waals surface area contributed by atoms with Gasteiger partial charge in [0.25, 0.3) is 5.91 Å². The Kier molecular flexibility index (Phi) is 7.77. The zero-order valence-corrected chi connectivity index (χ0v) is 24.9. The van der Waals surface area contributed by atoms with E-state index in [0.717, 1.165) is 32.2 Å². The van der Waals surface area contributed by atoms with Gasteiger partial charge < -0.3 is 25.8 Å². The zero-order valence-electron chi connectivity index (χ0n) is 24.9. The number of nitrogens with zero attached hydrogens (tertiary/aromatic N) is 2. The number of carbonyl (C=O) groups is 1. The normalized spacial score (nSPS) is 22.3. The summed E-state index contributed by atoms with van der Waals surface area (Å²) in [7, 11) is 0. The molecule has 1 aliphatic heterocycles. The van der Waals surface area contributed by atoms with Gasteiger partial charge in [0.2, 0.25) is 6.79 Å². The number of amides is 1. The molecule has 0 saturated heterocycles. The molecule has 1 saturated carbocycles. The van der Waals surface area contributed by atoms with Crippen molar-refractivity contribution in [2.45, 2.75) is 90.5 Å². The van der Waals surface area contributed by atoms with Crippen molar-refractivity contribution in [2.75, 3.05) is 19.9 Å². The number of nitrogens with two attached hydrogens (primary N) is 2. The van der Waals surface area contributed by atoms with Gasteiger partial charge >= 0.3 is 0 Å². The number of benzene rings is 2. The largest absolute Gasteiger partial charge is 0.454 e. The molecule has 3 aliphatic rings. The molecule has 7 nitrogen and oxygen atoms in total. The molecule has 0 unspecified atom stereocenters. The molecule has 0 atom stereocenters. The van der Waals surface area contributed by atoms with Crippen molar-refractivity contribution in [3.8, 4) is 11.5 Å². The summed E-state index contributed by atoms with van der Waals surface area (Å²) in [5.74, 6) is 2.48. The minimum Gasteiger partial charge on any atom is -0.454 e. The van der Waals surface area contributed by atoms with E-state index < -0.39 is 0 Å². The first-order valence-electron chi connectivity index (χ1n) is 14.8. The molecular weight excluding hydrogens is 500 g/mol. The molecular formula is C33H46N4O3. The fourth-order valence-corrected chi connectivity index (χ4v) is 6.72. The highest BCUT2D eigenvalue weighted by atomic mass is 16.7. The van der Waals surface area contributed by atoms with Crippen LogP contribution < -0.4 is 20.9 Å². The van der Waals surface area contributed by atoms with Crippen molar-refractivity contribution < 1.29 is 14.3 Å². The van der Waals surface area contributed by atoms with Crippen molar-refractivity contribution in [3.05, 3.63) is 58.1 Å². The van der Waals surface area contributed by atoms with Gasteiger partial charge in [0.1, 0.15) is 0 Å². The van der Waals surface area contributed by atoms with Crippen LogP contribution in [-0.4, -0.2) is 36.6 Å². The molecule has 5 rings (SSSR count). The van der Waals surface area contributed by atoms with Gasteiger partial charge in [0, 0.05) is 25.2 Å². The Balaban J connectivity index is 1.41. The number of hydrogen-bond donors (Lipinski definition) is 2. The van der Waals surface area contributed by atoms with Crippen molar-refractivity contribution in [1.29, 1.82) is 0 Å². The second-order valence-electron chi connectivity index (χ2n) is 13.5. The second-order valence-corrected chi connectivity index (χ2v) is 13.5. The highest BCUT2D eigenvalue weighted by molar-refractivity contribution is 5.95. The minimum absolute atomic E-state index is 0.0395. The predicted molar refractivity (Wildman–Crippen MR) is 160 cm³/mol. The maximum absolute atomic E-state index is 14.1. The standard InChI is InChI=1S/C33H46N4O3/c1-21-14-26-27(33(4,5)13-12-32(26,2)3)15-25(21)19-37(18-23-8-6-22(7-9-23)17-36-31(34)35)30(38)24-10-11-28-29(16-24)40-20-39-28/h10-11,14-16,22-23H,6-9,12-13,17-20H2,1-5H3,(H4,34,35,36). The fraction of sp³-hybridized carbons (Fsp3) is 0.576. The molecule has 7 heteroatoms. The summed E-state index contributed by atoms with van der Waals surface area (Å²) in [4.78, 5) is 20.4. The van der Waals surface area contributed by atoms with Crippen molar-refractivity contribution >= 4 is 11.9 Å². The van der Waals surface area contributed by atoms with E-state index in [-0.39, 0.29) is 29.5 Å². The summed E-state index contributed by atoms with van der Waals surface area (Å²) in [6.45, 7) is 13.8. The molecule has 1 fully saturated rings. The van der Waals surface area contributed by atoms with Crippen LogP contribution in [0.1, 0.15) is 98.8 Å². The Bertz CT molecular complexity index is 1290. The molecule has 4 N–H and O–H groups in total. The first-order valence-corrected chi connectivity index (χ1v) is 14.8. The molecule has 2 aromatic rings. The van der Waals surface area contributed by atoms with Gasteiger partial charge in [-0.15, -0.1) is 0 Å². The Labute approximate surface area is 239 Å². The van der Waals surface area contributed by atoms with Crippen LogP contribution in [0, 0.1) is 18.8 Å². The number of aryl methyl sites for hydroxylation is 1. The molecule has 0 radical (unpaired) electrons. The van der Waals surface area contributed by atoms with E-state index in [2.05, 4.69) is 56.6 Å². The van der Waals surface area contributed by atoms with Crippen molar-refractivity contribution in [2.24, 2.45) is 28.3 Å². The fourth-order valence-electron chi connectivity index (χ4n) is 6.72. The molecule has 1 heterocycles. The van der Waals surface area contributed by atoms with Crippen LogP contribution in [0.15, 0.2) is 35.3 Å². The third-order valence-corrected chi connectivity index (χ3v) is 9.55. The molecule has 0 aromatic heterocycles. The van der Waals surface area contributed by atoms with Crippen molar-refractivity contribution in [1.82, 2.24) is 4.90 Å². The minimum atomic E-state index is 0.0395. The van der Waals surface area contributed by atoms with Crippen LogP contribution in [0.2, 0.25) is 0 Å². The van der Waals surface area contributed by atoms with E-state index in [9.17, 15) is 4.79 Å². The molecule has 40 heavy (non-hydrogen) atoms. The quantitative estimate of drug-likeness (QED) is 0.338. The predicted octanol–water partition coefficient (Wildman–Crippen LogP) is 5.79. The van der Waals surface area contributed by atoms with E-state index >= 15 is 0 Å². The number of guanidine groups is 1. The molecule has 1 amide bonds. The van der Waals surface area contributed by atoms with E-state index in [0.29, 0.717) is 42.0 Å². The Morgan fingerprint density at radius 2 is 1.55 bits per heavy atom. The average Bonchev–Trinajstić information content (AvgIpc) is 3.39. The number of carbonyl (C=O) groups excluding carboxylic acids is 1. The molecule has 216 valence electrons. The second kappa shape index (κ2) is 11.0. The molecule has 0 bridgehead atoms. The smallest absolute Gasteiger partial charge is 0.254 e. The number of aliphatic imine (C=N–C) groups is 1. The molecule has 2 aromatic carbocycles. The Hall–Kier alpha value is -3.22. The summed E-state index contributed by atoms with van der Waals surface area (Å²) in [6, 6.07) is 10.3. The molecule has 0 spiro atoms. The summed E-state index contributed by atoms with van der Waals surface area (Å²) >= 11 is 0. The van der Waals surface area contributed by atoms with Gasteiger partial charge in [0.15, 0.2) is 17.5 Å². The Morgan fingerprint density at radius 3 is 2.23 bits per heavy atom. The van der Waals surface area contributed by atoms with Gasteiger partial charge in [-0.3, -0.25) is 9.79 Å². The zero-order chi connectivity index (χ0) is 28.7. The first-order chi connectivity index (χ1) is 18.9. The van der Waals surface area contributed by atoms with Gasteiger partial charge in [0.05, 0.1) is 0 Å². The number of fused-ring (bicyclic) bond motifs is 2. The van der Waals surface area contributed by atoms with Gasteiger partial charge in [-0.25, -0.2) is 0 Å². The summed E-state index contributed by atoms with van der Waals surface area (Å²) in [5.41, 5.74) is 17.4. The van der Waals surface area contributed by atoms with E-state index in [1.54, 1.807) is 0 Å². The van der Waals surface area contributed by atoms with Gasteiger partial charge in [-0.1, -0.05) is 39.8 Å².